The molecule has 0 saturated carbocycles. The number of aromatic nitrogens is 3. The standard InChI is InChI=1S/C22H26N4O/c1-14-10-15(2)13-26(12-14)22(27)18-11-19(17-8-6-5-7-9-17)23-21-20(18)16(3)24-25(21)4/h5-9,11,14-15H,10,12-13H2,1-4H3/t14-,15-/m0/s1. The molecule has 1 aliphatic heterocycles. The van der Waals surface area contributed by atoms with Crippen LogP contribution in [0.4, 0.5) is 0 Å². The highest BCUT2D eigenvalue weighted by Gasteiger charge is 2.28. The Labute approximate surface area is 160 Å². The maximum atomic E-state index is 13.5. The van der Waals surface area contributed by atoms with Gasteiger partial charge in [0, 0.05) is 25.7 Å². The summed E-state index contributed by atoms with van der Waals surface area (Å²) >= 11 is 0. The number of carbonyl (C=O) groups is 1. The minimum absolute atomic E-state index is 0.0917. The van der Waals surface area contributed by atoms with Crippen molar-refractivity contribution in [3.05, 3.63) is 47.7 Å². The van der Waals surface area contributed by atoms with Gasteiger partial charge < -0.3 is 4.90 Å². The van der Waals surface area contributed by atoms with Crippen molar-refractivity contribution in [2.45, 2.75) is 27.2 Å². The van der Waals surface area contributed by atoms with E-state index >= 15 is 0 Å². The van der Waals surface area contributed by atoms with E-state index in [-0.39, 0.29) is 5.91 Å². The van der Waals surface area contributed by atoms with Gasteiger partial charge in [0.05, 0.1) is 22.3 Å². The van der Waals surface area contributed by atoms with Crippen LogP contribution in [0.1, 0.15) is 36.3 Å². The number of hydrogen-bond acceptors (Lipinski definition) is 3. The summed E-state index contributed by atoms with van der Waals surface area (Å²) in [6.07, 6.45) is 1.18. The summed E-state index contributed by atoms with van der Waals surface area (Å²) in [7, 11) is 1.89. The van der Waals surface area contributed by atoms with Gasteiger partial charge in [0.1, 0.15) is 0 Å². The van der Waals surface area contributed by atoms with Crippen LogP contribution in [-0.2, 0) is 7.05 Å². The van der Waals surface area contributed by atoms with Crippen molar-refractivity contribution in [2.24, 2.45) is 18.9 Å². The first-order chi connectivity index (χ1) is 12.9. The number of amides is 1. The molecule has 2 atom stereocenters. The maximum absolute atomic E-state index is 13.5. The highest BCUT2D eigenvalue weighted by Crippen LogP contribution is 2.29. The first-order valence-corrected chi connectivity index (χ1v) is 9.63. The quantitative estimate of drug-likeness (QED) is 0.691. The average molecular weight is 362 g/mol. The molecule has 5 heteroatoms. The fourth-order valence-electron chi connectivity index (χ4n) is 4.37. The molecule has 0 spiro atoms. The second-order valence-corrected chi connectivity index (χ2v) is 7.98. The lowest BCUT2D eigenvalue weighted by atomic mass is 9.91. The van der Waals surface area contributed by atoms with Crippen molar-refractivity contribution in [2.75, 3.05) is 13.1 Å². The van der Waals surface area contributed by atoms with Crippen LogP contribution in [0.3, 0.4) is 0 Å². The molecule has 2 aromatic heterocycles. The summed E-state index contributed by atoms with van der Waals surface area (Å²) in [5.74, 6) is 1.14. The highest BCUT2D eigenvalue weighted by atomic mass is 16.2. The molecule has 27 heavy (non-hydrogen) atoms. The van der Waals surface area contributed by atoms with Gasteiger partial charge in [0.2, 0.25) is 0 Å². The van der Waals surface area contributed by atoms with E-state index in [0.717, 1.165) is 41.1 Å². The number of benzene rings is 1. The predicted octanol–water partition coefficient (Wildman–Crippen LogP) is 4.06. The Balaban J connectivity index is 1.87. The highest BCUT2D eigenvalue weighted by molar-refractivity contribution is 6.07. The lowest BCUT2D eigenvalue weighted by Crippen LogP contribution is -2.42. The van der Waals surface area contributed by atoms with Crippen LogP contribution in [0.5, 0.6) is 0 Å². The van der Waals surface area contributed by atoms with E-state index in [1.54, 1.807) is 4.68 Å². The minimum Gasteiger partial charge on any atom is -0.338 e. The molecule has 0 unspecified atom stereocenters. The van der Waals surface area contributed by atoms with E-state index in [1.807, 2.05) is 55.3 Å². The van der Waals surface area contributed by atoms with Crippen LogP contribution in [-0.4, -0.2) is 38.7 Å². The van der Waals surface area contributed by atoms with Crippen molar-refractivity contribution < 1.29 is 4.79 Å². The molecule has 1 aliphatic rings. The number of likely N-dealkylation sites (tertiary alicyclic amines) is 1. The lowest BCUT2D eigenvalue weighted by molar-refractivity contribution is 0.0625. The van der Waals surface area contributed by atoms with Crippen LogP contribution < -0.4 is 0 Å². The van der Waals surface area contributed by atoms with E-state index < -0.39 is 0 Å². The summed E-state index contributed by atoms with van der Waals surface area (Å²) in [4.78, 5) is 20.3. The van der Waals surface area contributed by atoms with Gasteiger partial charge in [0.25, 0.3) is 5.91 Å². The summed E-state index contributed by atoms with van der Waals surface area (Å²) in [5, 5.41) is 5.40. The van der Waals surface area contributed by atoms with Gasteiger partial charge in [-0.25, -0.2) is 4.98 Å². The molecule has 1 aromatic carbocycles. The number of piperidine rings is 1. The Kier molecular flexibility index (Phi) is 4.46. The van der Waals surface area contributed by atoms with Gasteiger partial charge in [-0.15, -0.1) is 0 Å². The normalized spacial score (nSPS) is 20.2. The third kappa shape index (κ3) is 3.22. The molecule has 0 aliphatic carbocycles. The summed E-state index contributed by atoms with van der Waals surface area (Å²) < 4.78 is 1.77. The fraction of sp³-hybridized carbons (Fsp3) is 0.409. The fourth-order valence-corrected chi connectivity index (χ4v) is 4.37. The van der Waals surface area contributed by atoms with E-state index in [4.69, 9.17) is 4.98 Å². The van der Waals surface area contributed by atoms with Crippen LogP contribution in [0.15, 0.2) is 36.4 Å². The zero-order chi connectivity index (χ0) is 19.1. The first-order valence-electron chi connectivity index (χ1n) is 9.63. The van der Waals surface area contributed by atoms with Gasteiger partial charge >= 0.3 is 0 Å². The molecule has 0 radical (unpaired) electrons. The van der Waals surface area contributed by atoms with Crippen LogP contribution in [0.25, 0.3) is 22.3 Å². The minimum atomic E-state index is 0.0917. The molecule has 3 aromatic rings. The largest absolute Gasteiger partial charge is 0.338 e. The van der Waals surface area contributed by atoms with Gasteiger partial charge in [0.15, 0.2) is 5.65 Å². The number of rotatable bonds is 2. The molecule has 4 rings (SSSR count). The first kappa shape index (κ1) is 17.7. The number of fused-ring (bicyclic) bond motifs is 1. The SMILES string of the molecule is Cc1nn(C)c2nc(-c3ccccc3)cc(C(=O)N3C[C@@H](C)C[C@H](C)C3)c12. The second-order valence-electron chi connectivity index (χ2n) is 7.98. The van der Waals surface area contributed by atoms with Gasteiger partial charge in [-0.2, -0.15) is 5.10 Å². The molecule has 1 amide bonds. The van der Waals surface area contributed by atoms with Crippen LogP contribution in [0.2, 0.25) is 0 Å². The Hall–Kier alpha value is -2.69. The zero-order valence-electron chi connectivity index (χ0n) is 16.4. The Morgan fingerprint density at radius 2 is 1.78 bits per heavy atom. The summed E-state index contributed by atoms with van der Waals surface area (Å²) in [5.41, 5.74) is 4.14. The Morgan fingerprint density at radius 3 is 2.44 bits per heavy atom. The topological polar surface area (TPSA) is 51.0 Å². The van der Waals surface area contributed by atoms with Crippen LogP contribution >= 0.6 is 0 Å². The molecule has 140 valence electrons. The van der Waals surface area contributed by atoms with Gasteiger partial charge in [-0.05, 0) is 31.2 Å². The maximum Gasteiger partial charge on any atom is 0.254 e. The number of hydrogen-bond donors (Lipinski definition) is 0. The molecular formula is C22H26N4O. The third-order valence-electron chi connectivity index (χ3n) is 5.42. The van der Waals surface area contributed by atoms with Crippen molar-refractivity contribution in [3.8, 4) is 11.3 Å². The second kappa shape index (κ2) is 6.80. The molecule has 5 nitrogen and oxygen atoms in total. The zero-order valence-corrected chi connectivity index (χ0v) is 16.4. The van der Waals surface area contributed by atoms with E-state index in [2.05, 4.69) is 18.9 Å². The molecule has 0 bridgehead atoms. The summed E-state index contributed by atoms with van der Waals surface area (Å²) in [6, 6.07) is 12.0. The molecule has 1 saturated heterocycles. The van der Waals surface area contributed by atoms with E-state index in [9.17, 15) is 4.79 Å². The van der Waals surface area contributed by atoms with Crippen molar-refractivity contribution >= 4 is 16.9 Å². The number of aryl methyl sites for hydroxylation is 2. The predicted molar refractivity (Wildman–Crippen MR) is 108 cm³/mol. The third-order valence-corrected chi connectivity index (χ3v) is 5.42. The van der Waals surface area contributed by atoms with Crippen molar-refractivity contribution in [1.29, 1.82) is 0 Å². The lowest BCUT2D eigenvalue weighted by Gasteiger charge is -2.35. The molecule has 1 fully saturated rings. The van der Waals surface area contributed by atoms with Gasteiger partial charge in [-0.3, -0.25) is 9.48 Å². The average Bonchev–Trinajstić information content (AvgIpc) is 2.94. The summed E-state index contributed by atoms with van der Waals surface area (Å²) in [6.45, 7) is 8.02. The number of carbonyl (C=O) groups excluding carboxylic acids is 1. The molecular weight excluding hydrogens is 336 g/mol. The van der Waals surface area contributed by atoms with Crippen molar-refractivity contribution in [1.82, 2.24) is 19.7 Å². The Bertz CT molecular complexity index is 982. The van der Waals surface area contributed by atoms with Gasteiger partial charge in [-0.1, -0.05) is 44.2 Å². The monoisotopic (exact) mass is 362 g/mol. The number of pyridine rings is 1. The smallest absolute Gasteiger partial charge is 0.254 e. The van der Waals surface area contributed by atoms with E-state index in [0.29, 0.717) is 17.4 Å². The Morgan fingerprint density at radius 1 is 1.11 bits per heavy atom. The molecule has 3 heterocycles. The van der Waals surface area contributed by atoms with Crippen molar-refractivity contribution in [3.63, 3.8) is 0 Å². The molecule has 0 N–H and O–H groups in total. The van der Waals surface area contributed by atoms with Crippen LogP contribution in [0, 0.1) is 18.8 Å². The number of nitrogens with zero attached hydrogens (tertiary/aromatic N) is 4. The van der Waals surface area contributed by atoms with E-state index in [1.165, 1.54) is 6.42 Å².